The fourth-order valence-corrected chi connectivity index (χ4v) is 4.38. The van der Waals surface area contributed by atoms with Gasteiger partial charge in [-0.2, -0.15) is 0 Å². The van der Waals surface area contributed by atoms with Crippen LogP contribution in [0.5, 0.6) is 0 Å². The Labute approximate surface area is 106 Å². The van der Waals surface area contributed by atoms with Crippen LogP contribution in [0.25, 0.3) is 0 Å². The molecule has 2 saturated heterocycles. The average molecular weight is 236 g/mol. The van der Waals surface area contributed by atoms with Crippen LogP contribution in [-0.2, 0) is 0 Å². The van der Waals surface area contributed by atoms with Gasteiger partial charge in [-0.3, -0.25) is 4.90 Å². The summed E-state index contributed by atoms with van der Waals surface area (Å²) < 4.78 is 0. The number of hydrogen-bond acceptors (Lipinski definition) is 2. The van der Waals surface area contributed by atoms with Crippen molar-refractivity contribution >= 4 is 0 Å². The monoisotopic (exact) mass is 236 g/mol. The standard InChI is InChI=1S/C15H28N2/c1-12(13-6-3-2-4-7-13)16-14-9-11-17-10-5-8-15(14)17/h12-16H,2-11H2,1H3/t12-,14?,15?/m0/s1. The van der Waals surface area contributed by atoms with Crippen molar-refractivity contribution in [2.45, 2.75) is 76.4 Å². The van der Waals surface area contributed by atoms with Gasteiger partial charge in [-0.05, 0) is 51.5 Å². The summed E-state index contributed by atoms with van der Waals surface area (Å²) in [6.45, 7) is 5.15. The molecule has 0 radical (unpaired) electrons. The molecule has 0 aromatic carbocycles. The molecule has 1 saturated carbocycles. The fraction of sp³-hybridized carbons (Fsp3) is 1.00. The first-order valence-corrected chi connectivity index (χ1v) is 7.85. The summed E-state index contributed by atoms with van der Waals surface area (Å²) in [4.78, 5) is 2.71. The zero-order valence-electron chi connectivity index (χ0n) is 11.3. The van der Waals surface area contributed by atoms with Crippen molar-refractivity contribution < 1.29 is 0 Å². The van der Waals surface area contributed by atoms with Crippen LogP contribution < -0.4 is 5.32 Å². The summed E-state index contributed by atoms with van der Waals surface area (Å²) in [7, 11) is 0. The number of nitrogens with zero attached hydrogens (tertiary/aromatic N) is 1. The third-order valence-corrected chi connectivity index (χ3v) is 5.44. The lowest BCUT2D eigenvalue weighted by Gasteiger charge is -2.32. The highest BCUT2D eigenvalue weighted by Crippen LogP contribution is 2.31. The van der Waals surface area contributed by atoms with Gasteiger partial charge in [-0.25, -0.2) is 0 Å². The van der Waals surface area contributed by atoms with Crippen LogP contribution >= 0.6 is 0 Å². The maximum Gasteiger partial charge on any atom is 0.0250 e. The predicted molar refractivity (Wildman–Crippen MR) is 72.2 cm³/mol. The molecule has 2 unspecified atom stereocenters. The molecule has 0 amide bonds. The number of hydrogen-bond donors (Lipinski definition) is 1. The highest BCUT2D eigenvalue weighted by atomic mass is 15.2. The molecular formula is C15H28N2. The second-order valence-electron chi connectivity index (χ2n) is 6.49. The molecule has 17 heavy (non-hydrogen) atoms. The van der Waals surface area contributed by atoms with E-state index in [4.69, 9.17) is 0 Å². The molecule has 2 aliphatic heterocycles. The lowest BCUT2D eigenvalue weighted by atomic mass is 9.84. The number of rotatable bonds is 3. The van der Waals surface area contributed by atoms with Crippen LogP contribution in [0, 0.1) is 5.92 Å². The lowest BCUT2D eigenvalue weighted by Crippen LogP contribution is -2.46. The molecule has 0 spiro atoms. The average Bonchev–Trinajstić information content (AvgIpc) is 2.95. The lowest BCUT2D eigenvalue weighted by molar-refractivity contribution is 0.239. The van der Waals surface area contributed by atoms with Crippen LogP contribution in [-0.4, -0.2) is 36.1 Å². The minimum absolute atomic E-state index is 0.751. The van der Waals surface area contributed by atoms with Crippen LogP contribution in [0.2, 0.25) is 0 Å². The van der Waals surface area contributed by atoms with Gasteiger partial charge < -0.3 is 5.32 Å². The molecule has 3 aliphatic rings. The second-order valence-corrected chi connectivity index (χ2v) is 6.49. The first-order chi connectivity index (χ1) is 8.34. The van der Waals surface area contributed by atoms with E-state index in [1.165, 1.54) is 64.5 Å². The van der Waals surface area contributed by atoms with Gasteiger partial charge in [0.1, 0.15) is 0 Å². The van der Waals surface area contributed by atoms with Crippen LogP contribution in [0.1, 0.15) is 58.3 Å². The largest absolute Gasteiger partial charge is 0.310 e. The number of fused-ring (bicyclic) bond motifs is 1. The molecule has 2 nitrogen and oxygen atoms in total. The SMILES string of the molecule is C[C@H](NC1CCN2CCCC12)C1CCCCC1. The van der Waals surface area contributed by atoms with Crippen molar-refractivity contribution in [3.63, 3.8) is 0 Å². The van der Waals surface area contributed by atoms with Crippen molar-refractivity contribution in [1.29, 1.82) is 0 Å². The van der Waals surface area contributed by atoms with Crippen molar-refractivity contribution in [2.75, 3.05) is 13.1 Å². The minimum atomic E-state index is 0.751. The highest BCUT2D eigenvalue weighted by molar-refractivity contribution is 4.97. The molecule has 0 bridgehead atoms. The van der Waals surface area contributed by atoms with E-state index in [1.54, 1.807) is 0 Å². The molecule has 0 aromatic rings. The Hall–Kier alpha value is -0.0800. The van der Waals surface area contributed by atoms with E-state index in [0.29, 0.717) is 0 Å². The molecule has 1 aliphatic carbocycles. The van der Waals surface area contributed by atoms with Crippen LogP contribution in [0.4, 0.5) is 0 Å². The van der Waals surface area contributed by atoms with Crippen LogP contribution in [0.3, 0.4) is 0 Å². The van der Waals surface area contributed by atoms with E-state index in [2.05, 4.69) is 17.1 Å². The molecule has 2 heteroatoms. The predicted octanol–water partition coefficient (Wildman–Crippen LogP) is 2.78. The molecule has 2 heterocycles. The third kappa shape index (κ3) is 2.53. The van der Waals surface area contributed by atoms with Crippen molar-refractivity contribution in [3.8, 4) is 0 Å². The van der Waals surface area contributed by atoms with Gasteiger partial charge in [0.25, 0.3) is 0 Å². The highest BCUT2D eigenvalue weighted by Gasteiger charge is 2.38. The summed E-state index contributed by atoms with van der Waals surface area (Å²) in [5.74, 6) is 0.958. The van der Waals surface area contributed by atoms with Gasteiger partial charge in [-0.15, -0.1) is 0 Å². The Morgan fingerprint density at radius 2 is 1.76 bits per heavy atom. The van der Waals surface area contributed by atoms with Gasteiger partial charge in [0.2, 0.25) is 0 Å². The summed E-state index contributed by atoms with van der Waals surface area (Å²) in [6.07, 6.45) is 11.6. The maximum absolute atomic E-state index is 3.98. The maximum atomic E-state index is 3.98. The van der Waals surface area contributed by atoms with Gasteiger partial charge in [0.15, 0.2) is 0 Å². The van der Waals surface area contributed by atoms with Gasteiger partial charge >= 0.3 is 0 Å². The topological polar surface area (TPSA) is 15.3 Å². The smallest absolute Gasteiger partial charge is 0.0250 e. The quantitative estimate of drug-likeness (QED) is 0.810. The Bertz CT molecular complexity index is 247. The van der Waals surface area contributed by atoms with Gasteiger partial charge in [0.05, 0.1) is 0 Å². The van der Waals surface area contributed by atoms with E-state index in [-0.39, 0.29) is 0 Å². The fourth-order valence-electron chi connectivity index (χ4n) is 4.38. The molecule has 98 valence electrons. The van der Waals surface area contributed by atoms with E-state index < -0.39 is 0 Å². The molecule has 3 fully saturated rings. The zero-order valence-corrected chi connectivity index (χ0v) is 11.3. The van der Waals surface area contributed by atoms with Crippen molar-refractivity contribution in [3.05, 3.63) is 0 Å². The van der Waals surface area contributed by atoms with E-state index >= 15 is 0 Å². The normalized spacial score (nSPS) is 37.2. The van der Waals surface area contributed by atoms with Crippen molar-refractivity contribution in [1.82, 2.24) is 10.2 Å². The number of nitrogens with one attached hydrogen (secondary N) is 1. The summed E-state index contributed by atoms with van der Waals surface area (Å²) in [6, 6.07) is 2.43. The Morgan fingerprint density at radius 1 is 0.941 bits per heavy atom. The van der Waals surface area contributed by atoms with E-state index in [9.17, 15) is 0 Å². The Balaban J connectivity index is 1.52. The molecular weight excluding hydrogens is 208 g/mol. The molecule has 0 aromatic heterocycles. The van der Waals surface area contributed by atoms with E-state index in [0.717, 1.165) is 24.0 Å². The van der Waals surface area contributed by atoms with Crippen LogP contribution in [0.15, 0.2) is 0 Å². The first-order valence-electron chi connectivity index (χ1n) is 7.85. The summed E-state index contributed by atoms with van der Waals surface area (Å²) in [5, 5.41) is 3.98. The first kappa shape index (κ1) is 12.0. The summed E-state index contributed by atoms with van der Waals surface area (Å²) >= 11 is 0. The zero-order chi connectivity index (χ0) is 11.7. The van der Waals surface area contributed by atoms with Gasteiger partial charge in [0, 0.05) is 24.7 Å². The Morgan fingerprint density at radius 3 is 2.59 bits per heavy atom. The summed E-state index contributed by atoms with van der Waals surface area (Å²) in [5.41, 5.74) is 0. The minimum Gasteiger partial charge on any atom is -0.310 e. The van der Waals surface area contributed by atoms with Crippen molar-refractivity contribution in [2.24, 2.45) is 5.92 Å². The molecule has 3 atom stereocenters. The molecule has 3 rings (SSSR count). The Kier molecular flexibility index (Phi) is 3.72. The second kappa shape index (κ2) is 5.27. The van der Waals surface area contributed by atoms with Gasteiger partial charge in [-0.1, -0.05) is 19.3 Å². The van der Waals surface area contributed by atoms with E-state index in [1.807, 2.05) is 0 Å². The third-order valence-electron chi connectivity index (χ3n) is 5.44. The molecule has 1 N–H and O–H groups in total.